The summed E-state index contributed by atoms with van der Waals surface area (Å²) < 4.78 is 25.6. The molecule has 4 N–H and O–H groups in total. The van der Waals surface area contributed by atoms with Crippen LogP contribution in [0.3, 0.4) is 0 Å². The van der Waals surface area contributed by atoms with Gasteiger partial charge >= 0.3 is 0 Å². The summed E-state index contributed by atoms with van der Waals surface area (Å²) >= 11 is 0. The Morgan fingerprint density at radius 1 is 0.487 bits per heavy atom. The molecule has 0 aromatic carbocycles. The van der Waals surface area contributed by atoms with Crippen LogP contribution in [0.15, 0.2) is 0 Å². The largest absolute Gasteiger partial charge is 0.381 e. The zero-order valence-electron chi connectivity index (χ0n) is 27.3. The lowest BCUT2D eigenvalue weighted by atomic mass is 9.72. The molecule has 0 aliphatic heterocycles. The first kappa shape index (κ1) is 38.8. The van der Waals surface area contributed by atoms with Crippen molar-refractivity contribution in [3.8, 4) is 0 Å². The predicted octanol–water partition coefficient (Wildman–Crippen LogP) is 7.80. The zero-order valence-corrected chi connectivity index (χ0v) is 27.3. The first-order valence-corrected chi connectivity index (χ1v) is 16.7. The highest BCUT2D eigenvalue weighted by Crippen LogP contribution is 2.38. The Kier molecular flexibility index (Phi) is 24.2. The molecule has 0 saturated carbocycles. The molecule has 236 valence electrons. The molecule has 0 amide bonds. The van der Waals surface area contributed by atoms with Crippen LogP contribution in [0.4, 0.5) is 0 Å². The van der Waals surface area contributed by atoms with Crippen molar-refractivity contribution < 1.29 is 18.9 Å². The van der Waals surface area contributed by atoms with Crippen LogP contribution in [-0.4, -0.2) is 63.9 Å². The third-order valence-electron chi connectivity index (χ3n) is 8.74. The minimum atomic E-state index is -0.395. The van der Waals surface area contributed by atoms with Gasteiger partial charge in [-0.2, -0.15) is 0 Å². The van der Waals surface area contributed by atoms with E-state index in [0.29, 0.717) is 39.6 Å². The summed E-state index contributed by atoms with van der Waals surface area (Å²) in [6.07, 6.45) is 18.5. The number of hydrogen-bond acceptors (Lipinski definition) is 6. The molecule has 0 rings (SSSR count). The monoisotopic (exact) mass is 559 g/mol. The Labute approximate surface area is 244 Å². The average molecular weight is 559 g/mol. The summed E-state index contributed by atoms with van der Waals surface area (Å²) in [5.41, 5.74) is 11.6. The molecular formula is C33H70N2O4. The van der Waals surface area contributed by atoms with Crippen molar-refractivity contribution in [2.75, 3.05) is 52.8 Å². The lowest BCUT2D eigenvalue weighted by Crippen LogP contribution is -2.62. The first-order valence-electron chi connectivity index (χ1n) is 16.7. The number of nitrogens with two attached hydrogens (primary N) is 2. The third kappa shape index (κ3) is 15.5. The summed E-state index contributed by atoms with van der Waals surface area (Å²) in [6.45, 7) is 18.0. The van der Waals surface area contributed by atoms with E-state index in [9.17, 15) is 0 Å². The molecule has 0 aromatic rings. The van der Waals surface area contributed by atoms with E-state index in [-0.39, 0.29) is 5.54 Å². The maximum atomic E-state index is 6.99. The summed E-state index contributed by atoms with van der Waals surface area (Å²) in [7, 11) is 0. The molecule has 0 saturated heterocycles. The molecule has 0 fully saturated rings. The fraction of sp³-hybridized carbons (Fsp3) is 1.00. The Balaban J connectivity index is 5.45. The van der Waals surface area contributed by atoms with Crippen LogP contribution in [0, 0.1) is 5.41 Å². The van der Waals surface area contributed by atoms with Crippen molar-refractivity contribution in [3.05, 3.63) is 0 Å². The van der Waals surface area contributed by atoms with Gasteiger partial charge in [-0.15, -0.1) is 0 Å². The molecule has 0 unspecified atom stereocenters. The van der Waals surface area contributed by atoms with Crippen LogP contribution in [0.1, 0.15) is 144 Å². The van der Waals surface area contributed by atoms with E-state index in [0.717, 1.165) is 51.7 Å². The van der Waals surface area contributed by atoms with Crippen molar-refractivity contribution in [2.24, 2.45) is 16.9 Å². The predicted molar refractivity (Wildman–Crippen MR) is 167 cm³/mol. The highest BCUT2D eigenvalue weighted by molar-refractivity contribution is 5.02. The standard InChI is InChI=1S/C33H70N2O4/c1-7-13-15-17-19-21-24-36-27-31(29-38-26-23-34,28-37-25-22-20-18-16-14-8-2)30-39-33(11-5,12-6)32(35,9-3)10-4/h7-30,34-35H2,1-6H3. The van der Waals surface area contributed by atoms with Crippen LogP contribution < -0.4 is 11.5 Å². The second-order valence-electron chi connectivity index (χ2n) is 11.8. The average Bonchev–Trinajstić information content (AvgIpc) is 2.96. The van der Waals surface area contributed by atoms with Crippen molar-refractivity contribution in [1.82, 2.24) is 0 Å². The van der Waals surface area contributed by atoms with Gasteiger partial charge in [0.05, 0.1) is 44.1 Å². The normalized spacial score (nSPS) is 12.9. The SMILES string of the molecule is CCCCCCCCOCC(COCCN)(COCCCCCCCC)COC(CC)(CC)C(N)(CC)CC. The zero-order chi connectivity index (χ0) is 29.3. The topological polar surface area (TPSA) is 89.0 Å². The molecule has 0 bridgehead atoms. The summed E-state index contributed by atoms with van der Waals surface area (Å²) in [4.78, 5) is 0. The molecule has 0 aromatic heterocycles. The van der Waals surface area contributed by atoms with E-state index in [2.05, 4.69) is 41.5 Å². The second-order valence-corrected chi connectivity index (χ2v) is 11.8. The van der Waals surface area contributed by atoms with Crippen molar-refractivity contribution in [3.63, 3.8) is 0 Å². The molecule has 0 spiro atoms. The fourth-order valence-corrected chi connectivity index (χ4v) is 5.66. The van der Waals surface area contributed by atoms with E-state index in [4.69, 9.17) is 30.4 Å². The van der Waals surface area contributed by atoms with Gasteiger partial charge in [0.2, 0.25) is 0 Å². The molecule has 0 heterocycles. The highest BCUT2D eigenvalue weighted by atomic mass is 16.5. The van der Waals surface area contributed by atoms with Gasteiger partial charge in [0.25, 0.3) is 0 Å². The molecule has 6 heteroatoms. The molecule has 6 nitrogen and oxygen atoms in total. The number of unbranched alkanes of at least 4 members (excludes halogenated alkanes) is 10. The Bertz CT molecular complexity index is 504. The van der Waals surface area contributed by atoms with E-state index in [1.165, 1.54) is 64.2 Å². The van der Waals surface area contributed by atoms with Crippen LogP contribution >= 0.6 is 0 Å². The molecule has 0 aliphatic carbocycles. The first-order chi connectivity index (χ1) is 18.9. The van der Waals surface area contributed by atoms with Gasteiger partial charge in [0.15, 0.2) is 0 Å². The molecule has 39 heavy (non-hydrogen) atoms. The summed E-state index contributed by atoms with van der Waals surface area (Å²) in [6, 6.07) is 0. The summed E-state index contributed by atoms with van der Waals surface area (Å²) in [5, 5.41) is 0. The lowest BCUT2D eigenvalue weighted by Gasteiger charge is -2.49. The minimum absolute atomic E-state index is 0.376. The quantitative estimate of drug-likeness (QED) is 0.0875. The fourth-order valence-electron chi connectivity index (χ4n) is 5.66. The second kappa shape index (κ2) is 24.4. The van der Waals surface area contributed by atoms with Gasteiger partial charge in [0.1, 0.15) is 0 Å². The molecule has 0 aliphatic rings. The minimum Gasteiger partial charge on any atom is -0.381 e. The maximum absolute atomic E-state index is 6.99. The van der Waals surface area contributed by atoms with Crippen LogP contribution in [0.25, 0.3) is 0 Å². The Hall–Kier alpha value is -0.240. The van der Waals surface area contributed by atoms with E-state index in [1.54, 1.807) is 0 Å². The lowest BCUT2D eigenvalue weighted by molar-refractivity contribution is -0.171. The van der Waals surface area contributed by atoms with Crippen LogP contribution in [0.5, 0.6) is 0 Å². The van der Waals surface area contributed by atoms with Gasteiger partial charge in [-0.25, -0.2) is 0 Å². The van der Waals surface area contributed by atoms with E-state index >= 15 is 0 Å². The maximum Gasteiger partial charge on any atom is 0.0855 e. The van der Waals surface area contributed by atoms with Crippen LogP contribution in [0.2, 0.25) is 0 Å². The molecule has 0 radical (unpaired) electrons. The van der Waals surface area contributed by atoms with E-state index in [1.807, 2.05) is 0 Å². The van der Waals surface area contributed by atoms with Crippen LogP contribution in [-0.2, 0) is 18.9 Å². The third-order valence-corrected chi connectivity index (χ3v) is 8.74. The summed E-state index contributed by atoms with van der Waals surface area (Å²) in [5.74, 6) is 0. The number of hydrogen-bond donors (Lipinski definition) is 2. The Morgan fingerprint density at radius 2 is 0.897 bits per heavy atom. The highest BCUT2D eigenvalue weighted by Gasteiger charge is 2.47. The Morgan fingerprint density at radius 3 is 1.28 bits per heavy atom. The molecule has 0 atom stereocenters. The van der Waals surface area contributed by atoms with Gasteiger partial charge in [0, 0.05) is 25.3 Å². The van der Waals surface area contributed by atoms with Crippen molar-refractivity contribution in [1.29, 1.82) is 0 Å². The van der Waals surface area contributed by atoms with Gasteiger partial charge in [-0.1, -0.05) is 106 Å². The van der Waals surface area contributed by atoms with E-state index < -0.39 is 11.0 Å². The van der Waals surface area contributed by atoms with Gasteiger partial charge in [-0.3, -0.25) is 0 Å². The molecular weight excluding hydrogens is 488 g/mol. The number of ether oxygens (including phenoxy) is 4. The smallest absolute Gasteiger partial charge is 0.0855 e. The number of rotatable bonds is 30. The van der Waals surface area contributed by atoms with Crippen molar-refractivity contribution >= 4 is 0 Å². The van der Waals surface area contributed by atoms with Crippen molar-refractivity contribution in [2.45, 2.75) is 155 Å². The van der Waals surface area contributed by atoms with Gasteiger partial charge in [-0.05, 0) is 38.5 Å². The van der Waals surface area contributed by atoms with Gasteiger partial charge < -0.3 is 30.4 Å².